The van der Waals surface area contributed by atoms with Crippen LogP contribution in [0.4, 0.5) is 10.1 Å². The second-order valence-electron chi connectivity index (χ2n) is 4.98. The molecule has 0 saturated heterocycles. The van der Waals surface area contributed by atoms with Crippen LogP contribution in [0.25, 0.3) is 0 Å². The van der Waals surface area contributed by atoms with Gasteiger partial charge in [0.05, 0.1) is 15.5 Å². The Labute approximate surface area is 138 Å². The van der Waals surface area contributed by atoms with Crippen molar-refractivity contribution in [3.63, 3.8) is 0 Å². The zero-order valence-electron chi connectivity index (χ0n) is 12.9. The standard InChI is InChI=1S/C15H14FN3O4S/c1-10-7-8-12(9-15(10)19(20)21)24(22,23)18-17-11(2)13-5-3-4-6-14(13)16/h3-9,18H,1-2H3. The lowest BCUT2D eigenvalue weighted by atomic mass is 10.1. The Balaban J connectivity index is 2.32. The van der Waals surface area contributed by atoms with Gasteiger partial charge in [-0.1, -0.05) is 24.3 Å². The second kappa shape index (κ2) is 6.75. The summed E-state index contributed by atoms with van der Waals surface area (Å²) in [6.07, 6.45) is 0. The summed E-state index contributed by atoms with van der Waals surface area (Å²) in [4.78, 5) is 11.9. The first-order valence-electron chi connectivity index (χ1n) is 6.78. The van der Waals surface area contributed by atoms with Gasteiger partial charge >= 0.3 is 0 Å². The Hall–Kier alpha value is -2.81. The van der Waals surface area contributed by atoms with E-state index in [-0.39, 0.29) is 21.9 Å². The Bertz CT molecular complexity index is 926. The fourth-order valence-electron chi connectivity index (χ4n) is 1.95. The van der Waals surface area contributed by atoms with Crippen LogP contribution in [-0.2, 0) is 10.0 Å². The van der Waals surface area contributed by atoms with Gasteiger partial charge in [-0.2, -0.15) is 18.4 Å². The van der Waals surface area contributed by atoms with E-state index in [0.717, 1.165) is 6.07 Å². The minimum absolute atomic E-state index is 0.123. The highest BCUT2D eigenvalue weighted by molar-refractivity contribution is 7.89. The van der Waals surface area contributed by atoms with Crippen molar-refractivity contribution in [3.8, 4) is 0 Å². The Morgan fingerprint density at radius 2 is 1.92 bits per heavy atom. The highest BCUT2D eigenvalue weighted by Crippen LogP contribution is 2.22. The maximum Gasteiger partial charge on any atom is 0.276 e. The van der Waals surface area contributed by atoms with E-state index in [0.29, 0.717) is 5.56 Å². The third-order valence-electron chi connectivity index (χ3n) is 3.28. The number of benzene rings is 2. The zero-order chi connectivity index (χ0) is 17.9. The topological polar surface area (TPSA) is 102 Å². The van der Waals surface area contributed by atoms with Gasteiger partial charge in [-0.3, -0.25) is 10.1 Å². The summed E-state index contributed by atoms with van der Waals surface area (Å²) >= 11 is 0. The fourth-order valence-corrected chi connectivity index (χ4v) is 2.83. The molecular formula is C15H14FN3O4S. The molecule has 0 aliphatic heterocycles. The minimum Gasteiger partial charge on any atom is -0.258 e. The van der Waals surface area contributed by atoms with E-state index in [9.17, 15) is 22.9 Å². The summed E-state index contributed by atoms with van der Waals surface area (Å²) < 4.78 is 38.0. The molecular weight excluding hydrogens is 337 g/mol. The lowest BCUT2D eigenvalue weighted by molar-refractivity contribution is -0.385. The average Bonchev–Trinajstić information content (AvgIpc) is 2.53. The fraction of sp³-hybridized carbons (Fsp3) is 0.133. The van der Waals surface area contributed by atoms with Crippen LogP contribution in [0.15, 0.2) is 52.5 Å². The lowest BCUT2D eigenvalue weighted by Gasteiger charge is -2.07. The molecule has 0 amide bonds. The molecule has 0 aliphatic carbocycles. The third kappa shape index (κ3) is 3.74. The molecule has 0 unspecified atom stereocenters. The molecule has 9 heteroatoms. The van der Waals surface area contributed by atoms with Crippen molar-refractivity contribution in [2.45, 2.75) is 18.7 Å². The van der Waals surface area contributed by atoms with Gasteiger partial charge in [-0.15, -0.1) is 0 Å². The normalized spacial score (nSPS) is 12.0. The van der Waals surface area contributed by atoms with Crippen LogP contribution in [0.5, 0.6) is 0 Å². The smallest absolute Gasteiger partial charge is 0.258 e. The van der Waals surface area contributed by atoms with Gasteiger partial charge in [0.2, 0.25) is 0 Å². The van der Waals surface area contributed by atoms with Crippen LogP contribution in [-0.4, -0.2) is 19.1 Å². The molecule has 0 heterocycles. The van der Waals surface area contributed by atoms with Crippen LogP contribution >= 0.6 is 0 Å². The van der Waals surface area contributed by atoms with Crippen LogP contribution in [0.2, 0.25) is 0 Å². The van der Waals surface area contributed by atoms with E-state index < -0.39 is 20.8 Å². The average molecular weight is 351 g/mol. The molecule has 2 aromatic carbocycles. The number of nitrogens with one attached hydrogen (secondary N) is 1. The van der Waals surface area contributed by atoms with E-state index in [1.807, 2.05) is 4.83 Å². The number of hydrogen-bond acceptors (Lipinski definition) is 5. The first-order valence-corrected chi connectivity index (χ1v) is 8.27. The highest BCUT2D eigenvalue weighted by atomic mass is 32.2. The van der Waals surface area contributed by atoms with Crippen LogP contribution < -0.4 is 4.83 Å². The van der Waals surface area contributed by atoms with E-state index in [1.165, 1.54) is 44.2 Å². The molecule has 0 aliphatic rings. The molecule has 0 aromatic heterocycles. The number of nitro benzene ring substituents is 1. The molecule has 0 atom stereocenters. The molecule has 2 aromatic rings. The first kappa shape index (κ1) is 17.5. The molecule has 0 radical (unpaired) electrons. The molecule has 7 nitrogen and oxygen atoms in total. The number of halogens is 1. The molecule has 0 bridgehead atoms. The van der Waals surface area contributed by atoms with E-state index in [1.54, 1.807) is 6.07 Å². The molecule has 0 saturated carbocycles. The van der Waals surface area contributed by atoms with Gasteiger partial charge in [-0.25, -0.2) is 4.39 Å². The van der Waals surface area contributed by atoms with Crippen LogP contribution in [0, 0.1) is 22.9 Å². The summed E-state index contributed by atoms with van der Waals surface area (Å²) in [5.74, 6) is -0.538. The van der Waals surface area contributed by atoms with Crippen molar-refractivity contribution in [2.24, 2.45) is 5.10 Å². The maximum absolute atomic E-state index is 13.6. The second-order valence-corrected chi connectivity index (χ2v) is 6.64. The van der Waals surface area contributed by atoms with E-state index >= 15 is 0 Å². The van der Waals surface area contributed by atoms with Crippen molar-refractivity contribution >= 4 is 21.4 Å². The molecule has 126 valence electrons. The van der Waals surface area contributed by atoms with Crippen molar-refractivity contribution in [2.75, 3.05) is 0 Å². The number of aryl methyl sites for hydroxylation is 1. The lowest BCUT2D eigenvalue weighted by Crippen LogP contribution is -2.20. The first-order chi connectivity index (χ1) is 11.2. The molecule has 2 rings (SSSR count). The molecule has 1 N–H and O–H groups in total. The van der Waals surface area contributed by atoms with Gasteiger partial charge in [0.15, 0.2) is 0 Å². The highest BCUT2D eigenvalue weighted by Gasteiger charge is 2.19. The largest absolute Gasteiger partial charge is 0.276 e. The quantitative estimate of drug-likeness (QED) is 0.508. The van der Waals surface area contributed by atoms with Crippen LogP contribution in [0.1, 0.15) is 18.1 Å². The number of hydrogen-bond donors (Lipinski definition) is 1. The summed E-state index contributed by atoms with van der Waals surface area (Å²) in [6.45, 7) is 2.95. The predicted molar refractivity (Wildman–Crippen MR) is 86.8 cm³/mol. The van der Waals surface area contributed by atoms with E-state index in [2.05, 4.69) is 5.10 Å². The minimum atomic E-state index is -4.11. The van der Waals surface area contributed by atoms with Gasteiger partial charge in [0, 0.05) is 17.2 Å². The van der Waals surface area contributed by atoms with Crippen molar-refractivity contribution in [1.82, 2.24) is 4.83 Å². The Morgan fingerprint density at radius 1 is 1.25 bits per heavy atom. The van der Waals surface area contributed by atoms with E-state index in [4.69, 9.17) is 0 Å². The van der Waals surface area contributed by atoms with Crippen molar-refractivity contribution in [3.05, 3.63) is 69.5 Å². The summed E-state index contributed by atoms with van der Waals surface area (Å²) in [5, 5.41) is 14.6. The summed E-state index contributed by atoms with van der Waals surface area (Å²) in [6, 6.07) is 9.30. The third-order valence-corrected chi connectivity index (χ3v) is 4.49. The number of nitro groups is 1. The Kier molecular flexibility index (Phi) is 4.93. The van der Waals surface area contributed by atoms with Crippen molar-refractivity contribution < 1.29 is 17.7 Å². The van der Waals surface area contributed by atoms with Crippen molar-refractivity contribution in [1.29, 1.82) is 0 Å². The predicted octanol–water partition coefficient (Wildman–Crippen LogP) is 2.74. The molecule has 0 fully saturated rings. The molecule has 24 heavy (non-hydrogen) atoms. The summed E-state index contributed by atoms with van der Waals surface area (Å²) in [7, 11) is -4.11. The Morgan fingerprint density at radius 3 is 2.54 bits per heavy atom. The van der Waals surface area contributed by atoms with Gasteiger partial charge in [0.1, 0.15) is 5.82 Å². The monoisotopic (exact) mass is 351 g/mol. The maximum atomic E-state index is 13.6. The van der Waals surface area contributed by atoms with Gasteiger partial charge in [-0.05, 0) is 26.0 Å². The van der Waals surface area contributed by atoms with Crippen LogP contribution in [0.3, 0.4) is 0 Å². The van der Waals surface area contributed by atoms with Gasteiger partial charge in [0.25, 0.3) is 15.7 Å². The summed E-state index contributed by atoms with van der Waals surface area (Å²) in [5.41, 5.74) is 0.297. The SMILES string of the molecule is CC(=NNS(=O)(=O)c1ccc(C)c([N+](=O)[O-])c1)c1ccccc1F. The number of nitrogens with zero attached hydrogens (tertiary/aromatic N) is 2. The number of sulfonamides is 1. The number of hydrazone groups is 1. The number of rotatable bonds is 5. The van der Waals surface area contributed by atoms with Gasteiger partial charge < -0.3 is 0 Å². The molecule has 0 spiro atoms. The zero-order valence-corrected chi connectivity index (χ0v) is 13.7.